The molecule has 0 radical (unpaired) electrons. The van der Waals surface area contributed by atoms with Crippen LogP contribution in [0.1, 0.15) is 23.2 Å². The molecule has 3 rings (SSSR count). The van der Waals surface area contributed by atoms with E-state index in [1.54, 1.807) is 18.2 Å². The van der Waals surface area contributed by atoms with Crippen LogP contribution < -0.4 is 5.32 Å². The van der Waals surface area contributed by atoms with Gasteiger partial charge in [0.05, 0.1) is 5.92 Å². The van der Waals surface area contributed by atoms with Crippen LogP contribution in [0.15, 0.2) is 18.2 Å². The Morgan fingerprint density at radius 1 is 1.26 bits per heavy atom. The fourth-order valence-electron chi connectivity index (χ4n) is 2.19. The van der Waals surface area contributed by atoms with Crippen LogP contribution in [-0.4, -0.2) is 38.4 Å². The molecule has 1 aliphatic rings. The maximum absolute atomic E-state index is 12.0. The first-order valence-corrected chi connectivity index (χ1v) is 5.97. The van der Waals surface area contributed by atoms with Crippen molar-refractivity contribution in [3.05, 3.63) is 23.8 Å². The van der Waals surface area contributed by atoms with Crippen molar-refractivity contribution in [3.63, 3.8) is 0 Å². The van der Waals surface area contributed by atoms with Crippen molar-refractivity contribution in [3.8, 4) is 0 Å². The Morgan fingerprint density at radius 2 is 2.00 bits per heavy atom. The van der Waals surface area contributed by atoms with Gasteiger partial charge in [0.25, 0.3) is 5.91 Å². The summed E-state index contributed by atoms with van der Waals surface area (Å²) in [4.78, 5) is 22.6. The third-order valence-corrected chi connectivity index (χ3v) is 3.40. The van der Waals surface area contributed by atoms with Crippen LogP contribution in [0.4, 0.5) is 0 Å². The van der Waals surface area contributed by atoms with Crippen LogP contribution in [0.2, 0.25) is 0 Å². The summed E-state index contributed by atoms with van der Waals surface area (Å²) < 4.78 is 0. The van der Waals surface area contributed by atoms with Crippen molar-refractivity contribution in [1.82, 2.24) is 20.7 Å². The average molecular weight is 260 g/mol. The van der Waals surface area contributed by atoms with Gasteiger partial charge < -0.3 is 10.4 Å². The van der Waals surface area contributed by atoms with Crippen LogP contribution in [-0.2, 0) is 4.79 Å². The van der Waals surface area contributed by atoms with E-state index >= 15 is 0 Å². The monoisotopic (exact) mass is 260 g/mol. The third-order valence-electron chi connectivity index (χ3n) is 3.40. The number of hydrogen-bond donors (Lipinski definition) is 3. The maximum atomic E-state index is 12.0. The number of carbonyl (C=O) groups is 2. The zero-order valence-electron chi connectivity index (χ0n) is 9.96. The van der Waals surface area contributed by atoms with Crippen LogP contribution in [0.25, 0.3) is 11.0 Å². The van der Waals surface area contributed by atoms with Gasteiger partial charge in [-0.15, -0.1) is 0 Å². The minimum atomic E-state index is -0.797. The Labute approximate surface area is 108 Å². The standard InChI is InChI=1S/C12H12N4O3/c17-11(13-8-3-7(4-8)12(18)19)6-1-2-9-10(5-6)15-16-14-9/h1-2,5,7-8H,3-4H2,(H,13,17)(H,18,19)(H,14,15,16). The molecule has 1 aromatic heterocycles. The lowest BCUT2D eigenvalue weighted by molar-refractivity contribution is -0.145. The number of fused-ring (bicyclic) bond motifs is 1. The lowest BCUT2D eigenvalue weighted by Gasteiger charge is -2.32. The number of aliphatic carboxylic acids is 1. The molecule has 0 unspecified atom stereocenters. The molecule has 0 saturated heterocycles. The highest BCUT2D eigenvalue weighted by Crippen LogP contribution is 2.27. The molecule has 7 heteroatoms. The molecular weight excluding hydrogens is 248 g/mol. The predicted octanol–water partition coefficient (Wildman–Crippen LogP) is 0.551. The molecule has 7 nitrogen and oxygen atoms in total. The van der Waals surface area contributed by atoms with E-state index in [9.17, 15) is 9.59 Å². The minimum Gasteiger partial charge on any atom is -0.481 e. The molecule has 0 bridgehead atoms. The van der Waals surface area contributed by atoms with E-state index in [2.05, 4.69) is 20.7 Å². The molecule has 0 spiro atoms. The number of aromatic nitrogens is 3. The number of benzene rings is 1. The largest absolute Gasteiger partial charge is 0.481 e. The first-order valence-electron chi connectivity index (χ1n) is 5.97. The third kappa shape index (κ3) is 2.14. The number of nitrogens with one attached hydrogen (secondary N) is 2. The zero-order chi connectivity index (χ0) is 13.4. The number of nitrogens with zero attached hydrogens (tertiary/aromatic N) is 2. The summed E-state index contributed by atoms with van der Waals surface area (Å²) in [5.74, 6) is -1.34. The molecule has 1 amide bonds. The fourth-order valence-corrected chi connectivity index (χ4v) is 2.19. The van der Waals surface area contributed by atoms with Gasteiger partial charge >= 0.3 is 5.97 Å². The minimum absolute atomic E-state index is 0.0541. The quantitative estimate of drug-likeness (QED) is 0.747. The highest BCUT2D eigenvalue weighted by atomic mass is 16.4. The average Bonchev–Trinajstić information content (AvgIpc) is 2.79. The Kier molecular flexibility index (Phi) is 2.66. The van der Waals surface area contributed by atoms with Gasteiger partial charge in [-0.3, -0.25) is 9.59 Å². The molecule has 3 N–H and O–H groups in total. The fraction of sp³-hybridized carbons (Fsp3) is 0.333. The second-order valence-corrected chi connectivity index (χ2v) is 4.70. The van der Waals surface area contributed by atoms with Crippen molar-refractivity contribution in [2.45, 2.75) is 18.9 Å². The normalized spacial score (nSPS) is 21.9. The van der Waals surface area contributed by atoms with Crippen molar-refractivity contribution in [1.29, 1.82) is 0 Å². The number of aromatic amines is 1. The topological polar surface area (TPSA) is 108 Å². The van der Waals surface area contributed by atoms with E-state index in [0.29, 0.717) is 29.4 Å². The van der Waals surface area contributed by atoms with Gasteiger partial charge in [0.2, 0.25) is 0 Å². The number of hydrogen-bond acceptors (Lipinski definition) is 4. The first kappa shape index (κ1) is 11.6. The lowest BCUT2D eigenvalue weighted by atomic mass is 9.80. The van der Waals surface area contributed by atoms with E-state index < -0.39 is 5.97 Å². The number of carbonyl (C=O) groups excluding carboxylic acids is 1. The molecule has 98 valence electrons. The number of rotatable bonds is 3. The highest BCUT2D eigenvalue weighted by Gasteiger charge is 2.35. The van der Waals surface area contributed by atoms with E-state index in [1.165, 1.54) is 0 Å². The zero-order valence-corrected chi connectivity index (χ0v) is 9.96. The SMILES string of the molecule is O=C(NC1CC(C(=O)O)C1)c1ccc2n[nH]nc2c1. The number of H-pyrrole nitrogens is 1. The molecule has 1 heterocycles. The van der Waals surface area contributed by atoms with Gasteiger partial charge in [-0.2, -0.15) is 15.4 Å². The molecule has 0 aliphatic heterocycles. The molecule has 0 atom stereocenters. The highest BCUT2D eigenvalue weighted by molar-refractivity contribution is 5.97. The van der Waals surface area contributed by atoms with Gasteiger partial charge in [0.1, 0.15) is 11.0 Å². The van der Waals surface area contributed by atoms with Gasteiger partial charge in [0, 0.05) is 11.6 Å². The predicted molar refractivity (Wildman–Crippen MR) is 65.5 cm³/mol. The Morgan fingerprint density at radius 3 is 2.74 bits per heavy atom. The maximum Gasteiger partial charge on any atom is 0.306 e. The Bertz CT molecular complexity index is 645. The van der Waals surface area contributed by atoms with E-state index in [1.807, 2.05) is 0 Å². The molecule has 1 aliphatic carbocycles. The van der Waals surface area contributed by atoms with Crippen LogP contribution in [0, 0.1) is 5.92 Å². The van der Waals surface area contributed by atoms with Crippen molar-refractivity contribution in [2.24, 2.45) is 5.92 Å². The van der Waals surface area contributed by atoms with Gasteiger partial charge in [-0.1, -0.05) is 0 Å². The van der Waals surface area contributed by atoms with E-state index in [-0.39, 0.29) is 17.9 Å². The van der Waals surface area contributed by atoms with Crippen LogP contribution in [0.5, 0.6) is 0 Å². The van der Waals surface area contributed by atoms with Crippen LogP contribution in [0.3, 0.4) is 0 Å². The Hall–Kier alpha value is -2.44. The summed E-state index contributed by atoms with van der Waals surface area (Å²) in [6.07, 6.45) is 0.987. The van der Waals surface area contributed by atoms with Gasteiger partial charge in [-0.25, -0.2) is 0 Å². The van der Waals surface area contributed by atoms with Crippen LogP contribution >= 0.6 is 0 Å². The van der Waals surface area contributed by atoms with E-state index in [0.717, 1.165) is 0 Å². The number of amides is 1. The number of carboxylic acids is 1. The van der Waals surface area contributed by atoms with Crippen molar-refractivity contribution in [2.75, 3.05) is 0 Å². The van der Waals surface area contributed by atoms with E-state index in [4.69, 9.17) is 5.11 Å². The van der Waals surface area contributed by atoms with Gasteiger partial charge in [-0.05, 0) is 31.0 Å². The molecule has 1 fully saturated rings. The van der Waals surface area contributed by atoms with Crippen molar-refractivity contribution >= 4 is 22.9 Å². The summed E-state index contributed by atoms with van der Waals surface area (Å²) in [6.45, 7) is 0. The number of carboxylic acid groups (broad SMARTS) is 1. The summed E-state index contributed by atoms with van der Waals surface area (Å²) in [7, 11) is 0. The summed E-state index contributed by atoms with van der Waals surface area (Å²) in [5.41, 5.74) is 1.83. The summed E-state index contributed by atoms with van der Waals surface area (Å²) >= 11 is 0. The summed E-state index contributed by atoms with van der Waals surface area (Å²) in [6, 6.07) is 4.99. The Balaban J connectivity index is 1.66. The van der Waals surface area contributed by atoms with Crippen molar-refractivity contribution < 1.29 is 14.7 Å². The molecule has 19 heavy (non-hydrogen) atoms. The second-order valence-electron chi connectivity index (χ2n) is 4.70. The van der Waals surface area contributed by atoms with Gasteiger partial charge in [0.15, 0.2) is 0 Å². The lowest BCUT2D eigenvalue weighted by Crippen LogP contribution is -2.46. The second kappa shape index (κ2) is 4.34. The first-order chi connectivity index (χ1) is 9.13. The molecule has 1 saturated carbocycles. The molecule has 1 aromatic carbocycles. The smallest absolute Gasteiger partial charge is 0.306 e. The summed E-state index contributed by atoms with van der Waals surface area (Å²) in [5, 5.41) is 21.9. The molecule has 2 aromatic rings. The molecular formula is C12H12N4O3.